The molecule has 0 unspecified atom stereocenters. The molecule has 0 heterocycles. The Bertz CT molecular complexity index is 914. The van der Waals surface area contributed by atoms with Crippen LogP contribution < -0.4 is 15.2 Å². The fourth-order valence-electron chi connectivity index (χ4n) is 3.06. The number of hydrogen-bond acceptors (Lipinski definition) is 4. The van der Waals surface area contributed by atoms with Crippen LogP contribution in [0, 0.1) is 0 Å². The van der Waals surface area contributed by atoms with Crippen molar-refractivity contribution in [1.82, 2.24) is 4.90 Å². The van der Waals surface area contributed by atoms with Crippen molar-refractivity contribution in [2.24, 2.45) is 5.73 Å². The van der Waals surface area contributed by atoms with Gasteiger partial charge in [-0.1, -0.05) is 54.6 Å². The van der Waals surface area contributed by atoms with Gasteiger partial charge >= 0.3 is 0 Å². The van der Waals surface area contributed by atoms with E-state index in [1.807, 2.05) is 78.9 Å². The molecule has 0 fully saturated rings. The Balaban J connectivity index is 1.72. The molecule has 0 bridgehead atoms. The van der Waals surface area contributed by atoms with Crippen molar-refractivity contribution in [2.45, 2.75) is 13.2 Å². The zero-order chi connectivity index (χ0) is 20.5. The lowest BCUT2D eigenvalue weighted by molar-refractivity contribution is 0.0748. The van der Waals surface area contributed by atoms with Crippen molar-refractivity contribution in [2.75, 3.05) is 20.2 Å². The van der Waals surface area contributed by atoms with Crippen LogP contribution in [-0.4, -0.2) is 31.0 Å². The second kappa shape index (κ2) is 10.3. The smallest absolute Gasteiger partial charge is 0.254 e. The van der Waals surface area contributed by atoms with Crippen LogP contribution >= 0.6 is 0 Å². The Morgan fingerprint density at radius 1 is 0.897 bits per heavy atom. The van der Waals surface area contributed by atoms with E-state index in [0.29, 0.717) is 43.3 Å². The number of nitrogens with zero attached hydrogens (tertiary/aromatic N) is 1. The molecular formula is C24H26N2O3. The lowest BCUT2D eigenvalue weighted by Gasteiger charge is -2.23. The average Bonchev–Trinajstić information content (AvgIpc) is 2.78. The van der Waals surface area contributed by atoms with Crippen LogP contribution in [-0.2, 0) is 13.2 Å². The third kappa shape index (κ3) is 5.59. The highest BCUT2D eigenvalue weighted by Crippen LogP contribution is 2.29. The third-order valence-electron chi connectivity index (χ3n) is 4.55. The molecule has 0 saturated carbocycles. The largest absolute Gasteiger partial charge is 0.493 e. The van der Waals surface area contributed by atoms with Gasteiger partial charge in [0.15, 0.2) is 11.5 Å². The molecule has 0 radical (unpaired) electrons. The number of ether oxygens (including phenoxy) is 2. The summed E-state index contributed by atoms with van der Waals surface area (Å²) in [5, 5.41) is 0. The normalized spacial score (nSPS) is 10.4. The summed E-state index contributed by atoms with van der Waals surface area (Å²) in [6.45, 7) is 1.78. The minimum absolute atomic E-state index is 0.0422. The molecule has 0 spiro atoms. The van der Waals surface area contributed by atoms with E-state index in [1.54, 1.807) is 12.0 Å². The summed E-state index contributed by atoms with van der Waals surface area (Å²) in [6.07, 6.45) is 0. The number of amides is 1. The van der Waals surface area contributed by atoms with Crippen molar-refractivity contribution in [3.05, 3.63) is 95.6 Å². The highest BCUT2D eigenvalue weighted by Gasteiger charge is 2.16. The van der Waals surface area contributed by atoms with Gasteiger partial charge in [-0.3, -0.25) is 4.79 Å². The molecule has 0 aliphatic heterocycles. The summed E-state index contributed by atoms with van der Waals surface area (Å²) < 4.78 is 11.4. The first-order valence-electron chi connectivity index (χ1n) is 9.59. The van der Waals surface area contributed by atoms with Crippen molar-refractivity contribution >= 4 is 5.91 Å². The molecule has 150 valence electrons. The summed E-state index contributed by atoms with van der Waals surface area (Å²) in [7, 11) is 1.61. The molecular weight excluding hydrogens is 364 g/mol. The molecule has 3 aromatic rings. The van der Waals surface area contributed by atoms with Crippen LogP contribution in [0.1, 0.15) is 21.5 Å². The van der Waals surface area contributed by atoms with E-state index in [4.69, 9.17) is 15.2 Å². The van der Waals surface area contributed by atoms with Gasteiger partial charge in [-0.2, -0.15) is 0 Å². The minimum Gasteiger partial charge on any atom is -0.493 e. The highest BCUT2D eigenvalue weighted by molar-refractivity contribution is 5.94. The Labute approximate surface area is 171 Å². The summed E-state index contributed by atoms with van der Waals surface area (Å²) >= 11 is 0. The van der Waals surface area contributed by atoms with Gasteiger partial charge in [0, 0.05) is 25.2 Å². The molecule has 1 amide bonds. The molecule has 0 aliphatic rings. The highest BCUT2D eigenvalue weighted by atomic mass is 16.5. The van der Waals surface area contributed by atoms with Crippen LogP contribution in [0.25, 0.3) is 0 Å². The van der Waals surface area contributed by atoms with Gasteiger partial charge in [-0.15, -0.1) is 0 Å². The Morgan fingerprint density at radius 2 is 1.59 bits per heavy atom. The molecule has 0 atom stereocenters. The predicted molar refractivity (Wildman–Crippen MR) is 114 cm³/mol. The third-order valence-corrected chi connectivity index (χ3v) is 4.55. The van der Waals surface area contributed by atoms with E-state index in [9.17, 15) is 4.79 Å². The lowest BCUT2D eigenvalue weighted by atomic mass is 10.1. The van der Waals surface area contributed by atoms with Gasteiger partial charge in [0.2, 0.25) is 0 Å². The average molecular weight is 390 g/mol. The Kier molecular flexibility index (Phi) is 7.25. The standard InChI is InChI=1S/C24H26N2O3/c1-28-23-16-20(12-13-22(23)29-18-19-8-4-2-5-9-19)17-26(15-14-25)24(27)21-10-6-3-7-11-21/h2-13,16H,14-15,17-18,25H2,1H3. The monoisotopic (exact) mass is 390 g/mol. The van der Waals surface area contributed by atoms with Gasteiger partial charge in [0.25, 0.3) is 5.91 Å². The van der Waals surface area contributed by atoms with E-state index in [2.05, 4.69) is 0 Å². The van der Waals surface area contributed by atoms with Crippen LogP contribution in [0.3, 0.4) is 0 Å². The number of nitrogens with two attached hydrogens (primary N) is 1. The summed E-state index contributed by atoms with van der Waals surface area (Å²) in [4.78, 5) is 14.6. The van der Waals surface area contributed by atoms with Crippen LogP contribution in [0.5, 0.6) is 11.5 Å². The van der Waals surface area contributed by atoms with Gasteiger partial charge < -0.3 is 20.1 Å². The maximum Gasteiger partial charge on any atom is 0.254 e. The van der Waals surface area contributed by atoms with Crippen LogP contribution in [0.15, 0.2) is 78.9 Å². The van der Waals surface area contributed by atoms with E-state index in [-0.39, 0.29) is 5.91 Å². The zero-order valence-electron chi connectivity index (χ0n) is 16.6. The summed E-state index contributed by atoms with van der Waals surface area (Å²) in [5.41, 5.74) is 8.42. The first-order chi connectivity index (χ1) is 14.2. The first kappa shape index (κ1) is 20.4. The molecule has 0 aromatic heterocycles. The fourth-order valence-corrected chi connectivity index (χ4v) is 3.06. The fraction of sp³-hybridized carbons (Fsp3) is 0.208. The molecule has 5 nitrogen and oxygen atoms in total. The molecule has 3 rings (SSSR count). The maximum absolute atomic E-state index is 12.8. The number of methoxy groups -OCH3 is 1. The molecule has 0 saturated heterocycles. The van der Waals surface area contributed by atoms with E-state index in [1.165, 1.54) is 0 Å². The van der Waals surface area contributed by atoms with Crippen LogP contribution in [0.2, 0.25) is 0 Å². The quantitative estimate of drug-likeness (QED) is 0.602. The van der Waals surface area contributed by atoms with Crippen molar-refractivity contribution in [3.63, 3.8) is 0 Å². The van der Waals surface area contributed by atoms with Gasteiger partial charge in [0.05, 0.1) is 7.11 Å². The number of carbonyl (C=O) groups is 1. The SMILES string of the molecule is COc1cc(CN(CCN)C(=O)c2ccccc2)ccc1OCc1ccccc1. The number of hydrogen-bond donors (Lipinski definition) is 1. The number of carbonyl (C=O) groups excluding carboxylic acids is 1. The molecule has 0 aliphatic carbocycles. The predicted octanol–water partition coefficient (Wildman–Crippen LogP) is 3.88. The second-order valence-electron chi connectivity index (χ2n) is 6.64. The summed E-state index contributed by atoms with van der Waals surface area (Å²) in [5.74, 6) is 1.26. The molecule has 29 heavy (non-hydrogen) atoms. The first-order valence-corrected chi connectivity index (χ1v) is 9.59. The zero-order valence-corrected chi connectivity index (χ0v) is 16.6. The maximum atomic E-state index is 12.8. The Morgan fingerprint density at radius 3 is 2.24 bits per heavy atom. The van der Waals surface area contributed by atoms with E-state index < -0.39 is 0 Å². The van der Waals surface area contributed by atoms with Crippen LogP contribution in [0.4, 0.5) is 0 Å². The van der Waals surface area contributed by atoms with Gasteiger partial charge in [-0.05, 0) is 35.4 Å². The number of benzene rings is 3. The second-order valence-corrected chi connectivity index (χ2v) is 6.64. The minimum atomic E-state index is -0.0422. The molecule has 3 aromatic carbocycles. The van der Waals surface area contributed by atoms with Gasteiger partial charge in [-0.25, -0.2) is 0 Å². The number of rotatable bonds is 9. The van der Waals surface area contributed by atoms with Crippen molar-refractivity contribution < 1.29 is 14.3 Å². The van der Waals surface area contributed by atoms with Crippen molar-refractivity contribution in [1.29, 1.82) is 0 Å². The molecule has 2 N–H and O–H groups in total. The molecule has 5 heteroatoms. The van der Waals surface area contributed by atoms with Crippen molar-refractivity contribution in [3.8, 4) is 11.5 Å². The van der Waals surface area contributed by atoms with E-state index in [0.717, 1.165) is 11.1 Å². The Hall–Kier alpha value is -3.31. The van der Waals surface area contributed by atoms with Gasteiger partial charge in [0.1, 0.15) is 6.61 Å². The lowest BCUT2D eigenvalue weighted by Crippen LogP contribution is -2.34. The van der Waals surface area contributed by atoms with E-state index >= 15 is 0 Å². The topological polar surface area (TPSA) is 64.8 Å². The summed E-state index contributed by atoms with van der Waals surface area (Å²) in [6, 6.07) is 24.9.